The Balaban J connectivity index is 2.33. The molecule has 1 heterocycles. The third-order valence-corrected chi connectivity index (χ3v) is 2.91. The summed E-state index contributed by atoms with van der Waals surface area (Å²) in [6, 6.07) is 5.26. The first-order valence-electron chi connectivity index (χ1n) is 6.97. The van der Waals surface area contributed by atoms with Gasteiger partial charge in [0, 0.05) is 24.9 Å². The van der Waals surface area contributed by atoms with Gasteiger partial charge in [-0.15, -0.1) is 18.3 Å². The number of alkyl halides is 3. The largest absolute Gasteiger partial charge is 0.573 e. The molecule has 0 spiro atoms. The molecule has 6 nitrogen and oxygen atoms in total. The molecule has 1 aromatic carbocycles. The van der Waals surface area contributed by atoms with Crippen LogP contribution in [0.3, 0.4) is 0 Å². The van der Waals surface area contributed by atoms with Crippen LogP contribution in [0.5, 0.6) is 11.6 Å². The van der Waals surface area contributed by atoms with Crippen LogP contribution in [0, 0.1) is 0 Å². The maximum atomic E-state index is 12.6. The van der Waals surface area contributed by atoms with Gasteiger partial charge in [-0.25, -0.2) is 4.79 Å². The fraction of sp³-hybridized carbons (Fsp3) is 0.333. The number of esters is 1. The molecule has 0 atom stereocenters. The minimum absolute atomic E-state index is 0.0606. The van der Waals surface area contributed by atoms with Crippen molar-refractivity contribution in [1.29, 1.82) is 0 Å². The van der Waals surface area contributed by atoms with Gasteiger partial charge in [0.15, 0.2) is 0 Å². The summed E-state index contributed by atoms with van der Waals surface area (Å²) in [7, 11) is 1.66. The molecule has 0 unspecified atom stereocenters. The van der Waals surface area contributed by atoms with E-state index in [0.29, 0.717) is 0 Å². The number of hydrogen-bond acceptors (Lipinski definition) is 5. The van der Waals surface area contributed by atoms with Gasteiger partial charge in [0.1, 0.15) is 12.4 Å². The second-order valence-electron chi connectivity index (χ2n) is 4.67. The van der Waals surface area contributed by atoms with Crippen molar-refractivity contribution in [3.05, 3.63) is 41.6 Å². The van der Waals surface area contributed by atoms with Crippen molar-refractivity contribution >= 4 is 5.97 Å². The van der Waals surface area contributed by atoms with Crippen LogP contribution < -0.4 is 9.47 Å². The van der Waals surface area contributed by atoms with E-state index in [2.05, 4.69) is 9.84 Å². The molecule has 0 N–H and O–H groups in total. The van der Waals surface area contributed by atoms with E-state index in [1.165, 1.54) is 22.9 Å². The van der Waals surface area contributed by atoms with Crippen LogP contribution in [0.15, 0.2) is 30.5 Å². The van der Waals surface area contributed by atoms with Gasteiger partial charge in [-0.3, -0.25) is 4.68 Å². The number of nitrogens with zero attached hydrogens (tertiary/aromatic N) is 2. The molecule has 0 aliphatic rings. The quantitative estimate of drug-likeness (QED) is 0.754. The van der Waals surface area contributed by atoms with Gasteiger partial charge in [-0.05, 0) is 19.1 Å². The summed E-state index contributed by atoms with van der Waals surface area (Å²) in [5, 5.41) is 3.96. The molecule has 2 aromatic rings. The number of benzene rings is 1. The number of aryl methyl sites for hydroxylation is 1. The first-order chi connectivity index (χ1) is 11.3. The van der Waals surface area contributed by atoms with Crippen molar-refractivity contribution in [3.8, 4) is 11.6 Å². The Morgan fingerprint density at radius 2 is 2.04 bits per heavy atom. The Morgan fingerprint density at radius 3 is 2.62 bits per heavy atom. The molecule has 1 aromatic heterocycles. The van der Waals surface area contributed by atoms with Gasteiger partial charge in [0.2, 0.25) is 5.88 Å². The highest BCUT2D eigenvalue weighted by Gasteiger charge is 2.33. The predicted molar refractivity (Wildman–Crippen MR) is 76.6 cm³/mol. The van der Waals surface area contributed by atoms with Gasteiger partial charge < -0.3 is 14.2 Å². The van der Waals surface area contributed by atoms with E-state index in [9.17, 15) is 18.0 Å². The highest BCUT2D eigenvalue weighted by molar-refractivity contribution is 5.91. The summed E-state index contributed by atoms with van der Waals surface area (Å²) in [6.45, 7) is 1.35. The van der Waals surface area contributed by atoms with Gasteiger partial charge in [-0.1, -0.05) is 6.07 Å². The van der Waals surface area contributed by atoms with Crippen molar-refractivity contribution in [2.24, 2.45) is 7.05 Å². The van der Waals surface area contributed by atoms with Gasteiger partial charge >= 0.3 is 12.3 Å². The highest BCUT2D eigenvalue weighted by atomic mass is 19.4. The molecule has 0 amide bonds. The lowest BCUT2D eigenvalue weighted by Gasteiger charge is -2.16. The van der Waals surface area contributed by atoms with Crippen molar-refractivity contribution in [2.75, 3.05) is 6.61 Å². The van der Waals surface area contributed by atoms with Crippen LogP contribution in [0.1, 0.15) is 22.8 Å². The SMILES string of the molecule is CCOC(=O)c1cccc(OC(F)(F)F)c1COc1ccn(C)n1. The van der Waals surface area contributed by atoms with E-state index in [4.69, 9.17) is 9.47 Å². The maximum Gasteiger partial charge on any atom is 0.573 e. The lowest BCUT2D eigenvalue weighted by Crippen LogP contribution is -2.20. The minimum atomic E-state index is -4.90. The average Bonchev–Trinajstić information content (AvgIpc) is 2.90. The molecule has 9 heteroatoms. The zero-order valence-corrected chi connectivity index (χ0v) is 13.0. The second kappa shape index (κ2) is 7.24. The number of rotatable bonds is 6. The molecule has 0 aliphatic heterocycles. The van der Waals surface area contributed by atoms with Gasteiger partial charge in [0.25, 0.3) is 0 Å². The Morgan fingerprint density at radius 1 is 1.29 bits per heavy atom. The molecule has 0 saturated carbocycles. The summed E-state index contributed by atoms with van der Waals surface area (Å²) in [5.41, 5.74) is -0.131. The van der Waals surface area contributed by atoms with Gasteiger partial charge in [0.05, 0.1) is 12.2 Å². The first kappa shape index (κ1) is 17.6. The summed E-state index contributed by atoms with van der Waals surface area (Å²) < 4.78 is 53.4. The molecule has 0 fully saturated rings. The zero-order chi connectivity index (χ0) is 17.7. The minimum Gasteiger partial charge on any atom is -0.472 e. The number of carbonyl (C=O) groups excluding carboxylic acids is 1. The summed E-state index contributed by atoms with van der Waals surface area (Å²) in [6.07, 6.45) is -3.28. The Labute approximate surface area is 135 Å². The fourth-order valence-electron chi connectivity index (χ4n) is 1.95. The monoisotopic (exact) mass is 344 g/mol. The van der Waals surface area contributed by atoms with Crippen LogP contribution >= 0.6 is 0 Å². The van der Waals surface area contributed by atoms with Crippen molar-refractivity contribution in [2.45, 2.75) is 19.9 Å². The van der Waals surface area contributed by atoms with Crippen molar-refractivity contribution in [1.82, 2.24) is 9.78 Å². The Kier molecular flexibility index (Phi) is 5.32. The van der Waals surface area contributed by atoms with E-state index in [0.717, 1.165) is 6.07 Å². The van der Waals surface area contributed by atoms with Crippen LogP contribution in [-0.4, -0.2) is 28.7 Å². The van der Waals surface area contributed by atoms with E-state index in [1.54, 1.807) is 20.2 Å². The molecule has 0 radical (unpaired) electrons. The van der Waals surface area contributed by atoms with E-state index < -0.39 is 18.1 Å². The van der Waals surface area contributed by atoms with Crippen molar-refractivity contribution < 1.29 is 32.2 Å². The first-order valence-corrected chi connectivity index (χ1v) is 6.97. The number of hydrogen-bond donors (Lipinski definition) is 0. The number of ether oxygens (including phenoxy) is 3. The van der Waals surface area contributed by atoms with Crippen LogP contribution in [0.4, 0.5) is 13.2 Å². The normalized spacial score (nSPS) is 11.2. The zero-order valence-electron chi connectivity index (χ0n) is 13.0. The number of carbonyl (C=O) groups is 1. The smallest absolute Gasteiger partial charge is 0.472 e. The van der Waals surface area contributed by atoms with Crippen LogP contribution in [-0.2, 0) is 18.4 Å². The average molecular weight is 344 g/mol. The molecular formula is C15H15F3N2O4. The second-order valence-corrected chi connectivity index (χ2v) is 4.67. The standard InChI is InChI=1S/C15H15F3N2O4/c1-3-22-14(21)10-5-4-6-12(24-15(16,17)18)11(10)9-23-13-7-8-20(2)19-13/h4-8H,3,9H2,1-2H3. The predicted octanol–water partition coefficient (Wildman–Crippen LogP) is 3.07. The van der Waals surface area contributed by atoms with Crippen LogP contribution in [0.25, 0.3) is 0 Å². The Bertz CT molecular complexity index is 713. The molecular weight excluding hydrogens is 329 g/mol. The molecule has 0 saturated heterocycles. The number of halogens is 3. The molecule has 0 aliphatic carbocycles. The summed E-state index contributed by atoms with van der Waals surface area (Å²) in [5.74, 6) is -1.08. The maximum absolute atomic E-state index is 12.6. The molecule has 24 heavy (non-hydrogen) atoms. The lowest BCUT2D eigenvalue weighted by atomic mass is 10.1. The van der Waals surface area contributed by atoms with E-state index >= 15 is 0 Å². The molecule has 0 bridgehead atoms. The Hall–Kier alpha value is -2.71. The fourth-order valence-corrected chi connectivity index (χ4v) is 1.95. The van der Waals surface area contributed by atoms with E-state index in [-0.39, 0.29) is 30.2 Å². The van der Waals surface area contributed by atoms with E-state index in [1.807, 2.05) is 0 Å². The summed E-state index contributed by atoms with van der Waals surface area (Å²) >= 11 is 0. The third-order valence-electron chi connectivity index (χ3n) is 2.91. The third kappa shape index (κ3) is 4.64. The van der Waals surface area contributed by atoms with Crippen molar-refractivity contribution in [3.63, 3.8) is 0 Å². The van der Waals surface area contributed by atoms with Crippen LogP contribution in [0.2, 0.25) is 0 Å². The molecule has 2 rings (SSSR count). The molecule has 130 valence electrons. The lowest BCUT2D eigenvalue weighted by molar-refractivity contribution is -0.275. The summed E-state index contributed by atoms with van der Waals surface area (Å²) in [4.78, 5) is 12.0. The van der Waals surface area contributed by atoms with Gasteiger partial charge in [-0.2, -0.15) is 0 Å². The number of aromatic nitrogens is 2. The topological polar surface area (TPSA) is 62.6 Å². The highest BCUT2D eigenvalue weighted by Crippen LogP contribution is 2.30.